The van der Waals surface area contributed by atoms with Crippen molar-refractivity contribution >= 4 is 123 Å². The third-order valence-electron chi connectivity index (χ3n) is 23.2. The molecule has 9 rings (SSSR count). The average Bonchev–Trinajstić information content (AvgIpc) is 1.42. The van der Waals surface area contributed by atoms with Crippen LogP contribution in [-0.4, -0.2) is 301 Å². The summed E-state index contributed by atoms with van der Waals surface area (Å²) in [5, 5.41) is 64.4. The predicted molar refractivity (Wildman–Crippen MR) is 474 cm³/mol. The van der Waals surface area contributed by atoms with Crippen LogP contribution >= 0.6 is 11.8 Å². The number of likely N-dealkylation sites (N-methyl/N-ethyl adjacent to an activating group) is 3. The van der Waals surface area contributed by atoms with Gasteiger partial charge < -0.3 is 114 Å². The van der Waals surface area contributed by atoms with Gasteiger partial charge in [0.1, 0.15) is 90.0 Å². The molecule has 0 radical (unpaired) electrons. The lowest BCUT2D eigenvalue weighted by molar-refractivity contribution is -0.152. The smallest absolute Gasteiger partial charge is 0.305 e. The third-order valence-corrected chi connectivity index (χ3v) is 24.2. The van der Waals surface area contributed by atoms with E-state index in [2.05, 4.69) is 52.8 Å². The monoisotopic (exact) mass is 1870 g/mol. The van der Waals surface area contributed by atoms with Crippen LogP contribution in [0.2, 0.25) is 0 Å². The Morgan fingerprint density at radius 3 is 1.71 bits per heavy atom. The number of benzene rings is 5. The van der Waals surface area contributed by atoms with E-state index in [1.165, 1.54) is 76.5 Å². The number of hydrogen-bond donors (Lipinski definition) is 16. The number of rotatable bonds is 23. The van der Waals surface area contributed by atoms with Gasteiger partial charge in [-0.1, -0.05) is 106 Å². The van der Waals surface area contributed by atoms with Gasteiger partial charge in [-0.05, 0) is 102 Å². The molecule has 1 aromatic heterocycles. The number of aliphatic carboxylic acids is 2. The van der Waals surface area contributed by atoms with Gasteiger partial charge in [0.05, 0.1) is 31.9 Å². The van der Waals surface area contributed by atoms with Crippen molar-refractivity contribution < 1.29 is 120 Å². The summed E-state index contributed by atoms with van der Waals surface area (Å²) >= 11 is 0.605. The first kappa shape index (κ1) is 103. The molecule has 18 N–H and O–H groups in total. The molecule has 0 spiro atoms. The molecule has 0 unspecified atom stereocenters. The maximum Gasteiger partial charge on any atom is 0.305 e. The Balaban J connectivity index is 1.13. The summed E-state index contributed by atoms with van der Waals surface area (Å²) in [4.78, 5) is 257. The number of H-pyrrole nitrogens is 1. The topological polar surface area (TPSA) is 573 Å². The standard InChI is InChI=1S/C90H112F3N17O22S/c1-7-8-19-68-89(130)109-31-14-20-67(109)83(124)102-63(41-75(117)118)81(122)105-77(48(2)3)90(131)107(5)69(38-49-15-10-9-11-16-49)84(125)99-60(29-30-74(115)116)87(128)110-32-33-132-45-71(110)85(126)101-62(40-53-43-96-59-18-13-12-17-56(53)59)80(121)100-61(36-50-21-25-54(111)26-22-50)79(120)103-65(42-94)82(123)104-66(78(119)97-44-72(95)113)46-133-47-73(114)98-64(37-52-34-57(91)76(93)58(92)35-52)86(127)108(6)70(88(129)106(68)4)39-51-23-27-55(112)28-24-51/h9-13,15-18,21-28,34-35,43,48,60-71,77,96,111-112H,7-8,14,19-20,29-33,36-42,44-47,94H2,1-6H3,(H2,95,113)(H,97,119)(H,98,114)(H,99,125)(H,100,121)(H,101,126)(H,102,124)(H,103,120)(H,104,123)(H,105,122)(H,115,116)(H,117,118)/t60-,61-,62+,63-,64-,65-,66-,67+,68-,69-,70-,71+,77+/m0/s1. The molecular weight excluding hydrogens is 1760 g/mol. The molecule has 3 aliphatic heterocycles. The molecule has 3 saturated heterocycles. The molecular formula is C90H112F3N17O22S. The van der Waals surface area contributed by atoms with Gasteiger partial charge in [0.2, 0.25) is 88.6 Å². The Bertz CT molecular complexity index is 5210. The number of primary amides is 1. The Kier molecular flexibility index (Phi) is 37.5. The fourth-order valence-corrected chi connectivity index (χ4v) is 16.6. The molecule has 3 fully saturated rings. The second kappa shape index (κ2) is 48.4. The number of carboxylic acid groups (broad SMARTS) is 2. The van der Waals surface area contributed by atoms with Crippen LogP contribution in [0.5, 0.6) is 11.5 Å². The van der Waals surface area contributed by atoms with Crippen LogP contribution in [0.15, 0.2) is 121 Å². The number of phenolic OH excluding ortho intramolecular Hbond substituents is 2. The van der Waals surface area contributed by atoms with Crippen molar-refractivity contribution in [3.8, 4) is 11.5 Å². The zero-order valence-electron chi connectivity index (χ0n) is 74.0. The largest absolute Gasteiger partial charge is 0.508 e. The van der Waals surface area contributed by atoms with Crippen LogP contribution in [0, 0.1) is 23.4 Å². The number of hydrogen-bond acceptors (Lipinski definition) is 22. The fourth-order valence-electron chi connectivity index (χ4n) is 15.8. The molecule has 15 amide bonds. The van der Waals surface area contributed by atoms with E-state index in [1.807, 2.05) is 0 Å². The van der Waals surface area contributed by atoms with Gasteiger partial charge in [-0.3, -0.25) is 81.5 Å². The number of amides is 15. The molecule has 0 saturated carbocycles. The molecule has 39 nitrogen and oxygen atoms in total. The number of carbonyl (C=O) groups excluding carboxylic acids is 15. The molecule has 133 heavy (non-hydrogen) atoms. The minimum atomic E-state index is -2.00. The second-order valence-electron chi connectivity index (χ2n) is 33.1. The van der Waals surface area contributed by atoms with Crippen molar-refractivity contribution in [2.45, 2.75) is 183 Å². The van der Waals surface area contributed by atoms with E-state index in [1.54, 1.807) is 67.7 Å². The number of aromatic amines is 1. The number of phenols is 2. The van der Waals surface area contributed by atoms with Crippen molar-refractivity contribution in [2.75, 3.05) is 72.0 Å². The highest BCUT2D eigenvalue weighted by Gasteiger charge is 2.46. The lowest BCUT2D eigenvalue weighted by Crippen LogP contribution is -2.64. The molecule has 3 aliphatic rings. The third kappa shape index (κ3) is 28.4. The first-order chi connectivity index (χ1) is 63.2. The van der Waals surface area contributed by atoms with Crippen LogP contribution in [-0.2, 0) is 118 Å². The lowest BCUT2D eigenvalue weighted by Gasteiger charge is -2.38. The van der Waals surface area contributed by atoms with Crippen molar-refractivity contribution in [2.24, 2.45) is 17.4 Å². The Morgan fingerprint density at radius 2 is 1.08 bits per heavy atom. The highest BCUT2D eigenvalue weighted by Crippen LogP contribution is 2.28. The van der Waals surface area contributed by atoms with Gasteiger partial charge in [0.15, 0.2) is 17.5 Å². The quantitative estimate of drug-likeness (QED) is 0.0362. The van der Waals surface area contributed by atoms with Crippen molar-refractivity contribution in [1.29, 1.82) is 0 Å². The van der Waals surface area contributed by atoms with Crippen LogP contribution in [0.3, 0.4) is 0 Å². The zero-order valence-corrected chi connectivity index (χ0v) is 74.9. The summed E-state index contributed by atoms with van der Waals surface area (Å²) in [6, 6.07) is 4.33. The van der Waals surface area contributed by atoms with E-state index in [0.29, 0.717) is 57.9 Å². The van der Waals surface area contributed by atoms with Gasteiger partial charge in [0.25, 0.3) is 0 Å². The van der Waals surface area contributed by atoms with E-state index >= 15 is 51.9 Å². The number of aromatic hydroxyl groups is 2. The van der Waals surface area contributed by atoms with Crippen LogP contribution < -0.4 is 59.3 Å². The van der Waals surface area contributed by atoms with E-state index < -0.39 is 278 Å². The number of carbonyl (C=O) groups is 17. The number of nitrogens with two attached hydrogens (primary N) is 2. The van der Waals surface area contributed by atoms with Crippen LogP contribution in [0.25, 0.3) is 10.9 Å². The molecule has 4 heterocycles. The first-order valence-corrected chi connectivity index (χ1v) is 44.4. The number of ether oxygens (including phenoxy) is 1. The van der Waals surface area contributed by atoms with Crippen LogP contribution in [0.1, 0.15) is 100.0 Å². The minimum Gasteiger partial charge on any atom is -0.508 e. The summed E-state index contributed by atoms with van der Waals surface area (Å²) in [5.41, 5.74) is 13.2. The normalized spacial score (nSPS) is 23.6. The SMILES string of the molecule is CCCC[C@H]1C(=O)N2CCC[C@@H]2C(=O)N[C@@H](CC(=O)O)C(=O)N[C@H](C(C)C)C(=O)N(C)[C@@H](Cc2ccccc2)C(=O)N[C@@H](CCC(=O)O)C(=O)N2CCOC[C@@H]2C(=O)N[C@H](Cc2c[nH]c3ccccc23)C(=O)N[C@@H](Cc2ccc(O)cc2)C(=O)N[C@@H](CN)C(=O)N[C@H](C(=O)NCC(N)=O)CSCC(=O)N[C@@H](Cc2cc(F)c(F)c(F)c2)C(=O)N(C)[C@@H](Cc2ccc(O)cc2)C(=O)N1C. The molecule has 13 atom stereocenters. The van der Waals surface area contributed by atoms with Crippen molar-refractivity contribution in [3.63, 3.8) is 0 Å². The zero-order chi connectivity index (χ0) is 97.2. The number of thioether (sulfide) groups is 1. The van der Waals surface area contributed by atoms with Gasteiger partial charge in [-0.25, -0.2) is 13.2 Å². The van der Waals surface area contributed by atoms with Gasteiger partial charge in [-0.2, -0.15) is 0 Å². The summed E-state index contributed by atoms with van der Waals surface area (Å²) in [6.45, 7) is 1.89. The Hall–Kier alpha value is -13.7. The first-order valence-electron chi connectivity index (χ1n) is 43.2. The maximum absolute atomic E-state index is 15.7. The van der Waals surface area contributed by atoms with E-state index in [0.717, 1.165) is 31.5 Å². The van der Waals surface area contributed by atoms with Gasteiger partial charge in [-0.15, -0.1) is 11.8 Å². The molecule has 6 aromatic rings. The number of fused-ring (bicyclic) bond motifs is 3. The summed E-state index contributed by atoms with van der Waals surface area (Å²) in [7, 11) is 3.57. The summed E-state index contributed by atoms with van der Waals surface area (Å²) in [6.07, 6.45) is -2.69. The Morgan fingerprint density at radius 1 is 0.541 bits per heavy atom. The van der Waals surface area contributed by atoms with Gasteiger partial charge in [0, 0.05) is 102 Å². The highest BCUT2D eigenvalue weighted by molar-refractivity contribution is 8.00. The molecule has 5 aromatic carbocycles. The Labute approximate surface area is 767 Å². The number of nitrogens with zero attached hydrogens (tertiary/aromatic N) is 5. The molecule has 716 valence electrons. The number of nitrogens with one attached hydrogen (secondary N) is 10. The molecule has 43 heteroatoms. The van der Waals surface area contributed by atoms with E-state index in [9.17, 15) is 63.2 Å². The fraction of sp³-hybridized carbons (Fsp3) is 0.456. The molecule has 0 aliphatic carbocycles. The second-order valence-corrected chi connectivity index (χ2v) is 34.1. The number of carboxylic acids is 2. The lowest BCUT2D eigenvalue weighted by atomic mass is 9.98. The number of morpholine rings is 1. The van der Waals surface area contributed by atoms with Crippen molar-refractivity contribution in [1.82, 2.24) is 77.3 Å². The van der Waals surface area contributed by atoms with E-state index in [-0.39, 0.29) is 75.3 Å². The average molecular weight is 1870 g/mol. The highest BCUT2D eigenvalue weighted by atomic mass is 32.2. The number of unbranched alkanes of at least 4 members (excludes halogenated alkanes) is 1. The van der Waals surface area contributed by atoms with Gasteiger partial charge >= 0.3 is 11.9 Å². The molecule has 0 bridgehead atoms. The summed E-state index contributed by atoms with van der Waals surface area (Å²) < 4.78 is 50.8. The maximum atomic E-state index is 15.7. The van der Waals surface area contributed by atoms with Crippen LogP contribution in [0.4, 0.5) is 13.2 Å². The minimum absolute atomic E-state index is 0.0854. The number of aromatic nitrogens is 1. The van der Waals surface area contributed by atoms with Crippen molar-refractivity contribution in [3.05, 3.63) is 167 Å². The van der Waals surface area contributed by atoms with E-state index in [4.69, 9.17) is 16.2 Å². The predicted octanol–water partition coefficient (Wildman–Crippen LogP) is -0.420. The number of para-hydroxylation sites is 1. The summed E-state index contributed by atoms with van der Waals surface area (Å²) in [5.74, 6) is -27.0. The number of halogens is 3.